The molecule has 156 valence electrons. The van der Waals surface area contributed by atoms with E-state index in [1.807, 2.05) is 0 Å². The molecule has 2 aromatic carbocycles. The van der Waals surface area contributed by atoms with Crippen molar-refractivity contribution in [2.24, 2.45) is 10.8 Å². The van der Waals surface area contributed by atoms with Crippen LogP contribution in [0.15, 0.2) is 54.6 Å². The summed E-state index contributed by atoms with van der Waals surface area (Å²) in [6, 6.07) is 13.8. The normalized spacial score (nSPS) is 21.4. The van der Waals surface area contributed by atoms with Crippen LogP contribution in [-0.2, 0) is 19.1 Å². The highest BCUT2D eigenvalue weighted by atomic mass is 16.6. The molecule has 3 rings (SSSR count). The Labute approximate surface area is 172 Å². The predicted octanol–water partition coefficient (Wildman–Crippen LogP) is 3.30. The Hall–Kier alpha value is -3.55. The molecule has 0 heterocycles. The van der Waals surface area contributed by atoms with E-state index in [0.717, 1.165) is 14.2 Å². The minimum Gasteiger partial charge on any atom is -0.468 e. The van der Waals surface area contributed by atoms with Crippen molar-refractivity contribution in [2.45, 2.75) is 19.3 Å². The van der Waals surface area contributed by atoms with Gasteiger partial charge in [-0.25, -0.2) is 0 Å². The molecule has 8 heteroatoms. The topological polar surface area (TPSA) is 113 Å². The Balaban J connectivity index is 2.24. The Morgan fingerprint density at radius 1 is 0.967 bits per heavy atom. The van der Waals surface area contributed by atoms with Crippen molar-refractivity contribution in [1.82, 2.24) is 0 Å². The highest BCUT2D eigenvalue weighted by molar-refractivity contribution is 6.18. The fraction of sp³-hybridized carbons (Fsp3) is 0.318. The molecule has 0 aliphatic heterocycles. The van der Waals surface area contributed by atoms with E-state index >= 15 is 0 Å². The molecule has 2 atom stereocenters. The molecular formula is C22H21NO7. The molecular weight excluding hydrogens is 390 g/mol. The summed E-state index contributed by atoms with van der Waals surface area (Å²) in [5, 5.41) is 11.0. The van der Waals surface area contributed by atoms with E-state index in [4.69, 9.17) is 9.47 Å². The number of methoxy groups -OCH3 is 2. The molecule has 1 aliphatic carbocycles. The zero-order valence-electron chi connectivity index (χ0n) is 16.8. The smallest absolute Gasteiger partial charge is 0.324 e. The van der Waals surface area contributed by atoms with Crippen molar-refractivity contribution in [2.75, 3.05) is 14.2 Å². The number of hydrogen-bond donors (Lipinski definition) is 0. The lowest BCUT2D eigenvalue weighted by atomic mass is 9.83. The number of hydrogen-bond acceptors (Lipinski definition) is 7. The van der Waals surface area contributed by atoms with Crippen LogP contribution in [0.3, 0.4) is 0 Å². The average Bonchev–Trinajstić information content (AvgIpc) is 3.43. The molecule has 0 amide bonds. The molecule has 0 saturated heterocycles. The molecule has 8 nitrogen and oxygen atoms in total. The molecule has 0 unspecified atom stereocenters. The van der Waals surface area contributed by atoms with Crippen LogP contribution in [-0.4, -0.2) is 36.9 Å². The van der Waals surface area contributed by atoms with E-state index in [-0.39, 0.29) is 17.9 Å². The number of ether oxygens (including phenoxy) is 2. The van der Waals surface area contributed by atoms with E-state index in [0.29, 0.717) is 11.1 Å². The third-order valence-electron chi connectivity index (χ3n) is 6.00. The highest BCUT2D eigenvalue weighted by Crippen LogP contribution is 2.77. The van der Waals surface area contributed by atoms with Crippen molar-refractivity contribution in [3.63, 3.8) is 0 Å². The molecule has 0 spiro atoms. The summed E-state index contributed by atoms with van der Waals surface area (Å²) >= 11 is 0. The number of esters is 2. The summed E-state index contributed by atoms with van der Waals surface area (Å²) in [4.78, 5) is 50.1. The maximum Gasteiger partial charge on any atom is 0.324 e. The van der Waals surface area contributed by atoms with Gasteiger partial charge in [-0.05, 0) is 12.0 Å². The molecule has 30 heavy (non-hydrogen) atoms. The number of nitro benzene ring substituents is 1. The Morgan fingerprint density at radius 2 is 1.50 bits per heavy atom. The third-order valence-corrected chi connectivity index (χ3v) is 6.00. The van der Waals surface area contributed by atoms with Gasteiger partial charge in [-0.15, -0.1) is 0 Å². The largest absolute Gasteiger partial charge is 0.468 e. The number of carbonyl (C=O) groups excluding carboxylic acids is 3. The molecule has 1 fully saturated rings. The standard InChI is InChI=1S/C22H21NO7/c1-4-21(18(24)15-8-6-5-7-9-15)17(14-10-12-16(13-11-14)23(27)28)22(21,19(25)29-2)20(26)30-3/h5-13,17H,4H2,1-3H3/t17-,21+/m1/s1. The number of nitrogens with zero attached hydrogens (tertiary/aromatic N) is 1. The third kappa shape index (κ3) is 2.71. The van der Waals surface area contributed by atoms with Gasteiger partial charge in [0.25, 0.3) is 5.69 Å². The van der Waals surface area contributed by atoms with Gasteiger partial charge >= 0.3 is 11.9 Å². The van der Waals surface area contributed by atoms with Crippen molar-refractivity contribution in [3.05, 3.63) is 75.8 Å². The van der Waals surface area contributed by atoms with Gasteiger partial charge < -0.3 is 9.47 Å². The minimum absolute atomic E-state index is 0.141. The van der Waals surface area contributed by atoms with E-state index in [1.54, 1.807) is 37.3 Å². The van der Waals surface area contributed by atoms with Crippen LogP contribution in [0.4, 0.5) is 5.69 Å². The number of carbonyl (C=O) groups is 3. The van der Waals surface area contributed by atoms with Gasteiger partial charge in [0.05, 0.1) is 24.6 Å². The summed E-state index contributed by atoms with van der Waals surface area (Å²) in [5.74, 6) is -3.01. The first-order chi connectivity index (χ1) is 14.3. The molecule has 1 saturated carbocycles. The van der Waals surface area contributed by atoms with E-state index in [1.165, 1.54) is 24.3 Å². The van der Waals surface area contributed by atoms with Crippen LogP contribution in [0.1, 0.15) is 35.2 Å². The molecule has 0 bridgehead atoms. The summed E-state index contributed by atoms with van der Waals surface area (Å²) in [6.45, 7) is 1.72. The van der Waals surface area contributed by atoms with Crippen molar-refractivity contribution in [1.29, 1.82) is 0 Å². The fourth-order valence-corrected chi connectivity index (χ4v) is 4.66. The van der Waals surface area contributed by atoms with Gasteiger partial charge in [-0.1, -0.05) is 49.4 Å². The van der Waals surface area contributed by atoms with Gasteiger partial charge in [0.2, 0.25) is 0 Å². The molecule has 0 aromatic heterocycles. The second-order valence-electron chi connectivity index (χ2n) is 7.09. The maximum absolute atomic E-state index is 13.7. The van der Waals surface area contributed by atoms with Crippen molar-refractivity contribution < 1.29 is 28.8 Å². The lowest BCUT2D eigenvalue weighted by Crippen LogP contribution is -2.37. The lowest BCUT2D eigenvalue weighted by molar-refractivity contribution is -0.384. The molecule has 0 radical (unpaired) electrons. The Bertz CT molecular complexity index is 984. The van der Waals surface area contributed by atoms with E-state index in [2.05, 4.69) is 0 Å². The number of rotatable bonds is 7. The predicted molar refractivity (Wildman–Crippen MR) is 106 cm³/mol. The van der Waals surface area contributed by atoms with Gasteiger partial charge in [0, 0.05) is 23.6 Å². The van der Waals surface area contributed by atoms with Gasteiger partial charge in [-0.2, -0.15) is 0 Å². The number of Topliss-reactive ketones (excluding diaryl/α,β-unsaturated/α-hetero) is 1. The van der Waals surface area contributed by atoms with Gasteiger partial charge in [-0.3, -0.25) is 24.5 Å². The highest BCUT2D eigenvalue weighted by Gasteiger charge is 2.88. The van der Waals surface area contributed by atoms with Gasteiger partial charge in [0.15, 0.2) is 11.2 Å². The average molecular weight is 411 g/mol. The number of benzene rings is 2. The number of ketones is 1. The van der Waals surface area contributed by atoms with Crippen LogP contribution in [0.25, 0.3) is 0 Å². The van der Waals surface area contributed by atoms with Crippen LogP contribution >= 0.6 is 0 Å². The number of nitro groups is 1. The second kappa shape index (κ2) is 7.70. The maximum atomic E-state index is 13.7. The SMILES string of the molecule is CC[C@@]1(C(=O)c2ccccc2)[C@@H](c2ccc([N+](=O)[O-])cc2)C1(C(=O)OC)C(=O)OC. The summed E-state index contributed by atoms with van der Waals surface area (Å²) in [7, 11) is 2.29. The first kappa shape index (κ1) is 21.2. The first-order valence-corrected chi connectivity index (χ1v) is 9.33. The van der Waals surface area contributed by atoms with Crippen LogP contribution in [0, 0.1) is 20.9 Å². The minimum atomic E-state index is -1.88. The van der Waals surface area contributed by atoms with E-state index in [9.17, 15) is 24.5 Å². The Morgan fingerprint density at radius 3 is 1.93 bits per heavy atom. The van der Waals surface area contributed by atoms with Crippen molar-refractivity contribution >= 4 is 23.4 Å². The van der Waals surface area contributed by atoms with Crippen LogP contribution in [0.5, 0.6) is 0 Å². The zero-order chi connectivity index (χ0) is 22.1. The number of non-ortho nitro benzene ring substituents is 1. The van der Waals surface area contributed by atoms with Gasteiger partial charge in [0.1, 0.15) is 0 Å². The van der Waals surface area contributed by atoms with Crippen LogP contribution in [0.2, 0.25) is 0 Å². The summed E-state index contributed by atoms with van der Waals surface area (Å²) < 4.78 is 9.91. The van der Waals surface area contributed by atoms with Crippen LogP contribution < -0.4 is 0 Å². The quantitative estimate of drug-likeness (QED) is 0.226. The first-order valence-electron chi connectivity index (χ1n) is 9.33. The molecule has 1 aliphatic rings. The van der Waals surface area contributed by atoms with Crippen molar-refractivity contribution in [3.8, 4) is 0 Å². The lowest BCUT2D eigenvalue weighted by Gasteiger charge is -2.20. The van der Waals surface area contributed by atoms with E-state index < -0.39 is 33.6 Å². The monoisotopic (exact) mass is 411 g/mol. The zero-order valence-corrected chi connectivity index (χ0v) is 16.8. The summed E-state index contributed by atoms with van der Waals surface area (Å²) in [6.07, 6.45) is 0.159. The summed E-state index contributed by atoms with van der Waals surface area (Å²) in [5.41, 5.74) is -2.67. The molecule has 0 N–H and O–H groups in total. The Kier molecular flexibility index (Phi) is 5.43. The second-order valence-corrected chi connectivity index (χ2v) is 7.09. The fourth-order valence-electron chi connectivity index (χ4n) is 4.66. The molecule has 2 aromatic rings.